The monoisotopic (exact) mass is 153 g/mol. The minimum absolute atomic E-state index is 0.0576. The first kappa shape index (κ1) is 6.00. The molecule has 11 heavy (non-hydrogen) atoms. The van der Waals surface area contributed by atoms with E-state index in [1.54, 1.807) is 0 Å². The maximum atomic E-state index is 11.2. The van der Waals surface area contributed by atoms with Gasteiger partial charge >= 0.3 is 5.97 Å². The Labute approximate surface area is 65.3 Å². The zero-order valence-corrected chi connectivity index (χ0v) is 6.32. The van der Waals surface area contributed by atoms with Crippen LogP contribution < -0.4 is 0 Å². The standard InChI is InChI=1S/C8H11NO2/c10-8-5-1-3-9-4-2-6(11-8)7(5)9/h5-7H,1-4H2/t5-,6+,7+/m1/s1. The molecule has 0 radical (unpaired) electrons. The van der Waals surface area contributed by atoms with Gasteiger partial charge in [0.2, 0.25) is 0 Å². The van der Waals surface area contributed by atoms with Gasteiger partial charge in [-0.1, -0.05) is 0 Å². The summed E-state index contributed by atoms with van der Waals surface area (Å²) in [7, 11) is 0. The quantitative estimate of drug-likeness (QED) is 0.459. The van der Waals surface area contributed by atoms with Crippen LogP contribution in [0.1, 0.15) is 12.8 Å². The first-order valence-corrected chi connectivity index (χ1v) is 4.31. The Hall–Kier alpha value is -0.570. The first-order chi connectivity index (χ1) is 5.36. The summed E-state index contributed by atoms with van der Waals surface area (Å²) in [6, 6.07) is 0.461. The molecule has 0 N–H and O–H groups in total. The van der Waals surface area contributed by atoms with Crippen molar-refractivity contribution in [2.75, 3.05) is 13.1 Å². The second-order valence-corrected chi connectivity index (χ2v) is 3.69. The second kappa shape index (κ2) is 1.78. The normalized spacial score (nSPS) is 48.0. The lowest BCUT2D eigenvalue weighted by atomic mass is 10.0. The smallest absolute Gasteiger partial charge is 0.311 e. The van der Waals surface area contributed by atoms with Crippen molar-refractivity contribution in [3.63, 3.8) is 0 Å². The summed E-state index contributed by atoms with van der Waals surface area (Å²) in [4.78, 5) is 13.6. The van der Waals surface area contributed by atoms with E-state index in [1.807, 2.05) is 0 Å². The zero-order valence-electron chi connectivity index (χ0n) is 6.32. The number of nitrogens with zero attached hydrogens (tertiary/aromatic N) is 1. The minimum atomic E-state index is 0.0576. The predicted octanol–water partition coefficient (Wildman–Crippen LogP) is 0.00600. The van der Waals surface area contributed by atoms with Gasteiger partial charge < -0.3 is 4.74 Å². The van der Waals surface area contributed by atoms with Crippen LogP contribution in [0.5, 0.6) is 0 Å². The molecule has 0 bridgehead atoms. The van der Waals surface area contributed by atoms with E-state index >= 15 is 0 Å². The molecule has 3 fully saturated rings. The number of rotatable bonds is 0. The largest absolute Gasteiger partial charge is 0.460 e. The highest BCUT2D eigenvalue weighted by Crippen LogP contribution is 2.40. The van der Waals surface area contributed by atoms with Crippen LogP contribution in [0.2, 0.25) is 0 Å². The second-order valence-electron chi connectivity index (χ2n) is 3.69. The Morgan fingerprint density at radius 2 is 2.18 bits per heavy atom. The molecule has 3 heterocycles. The van der Waals surface area contributed by atoms with Gasteiger partial charge in [-0.25, -0.2) is 0 Å². The summed E-state index contributed by atoms with van der Waals surface area (Å²) in [5, 5.41) is 0. The Bertz CT molecular complexity index is 216. The maximum absolute atomic E-state index is 11.2. The molecule has 0 aliphatic carbocycles. The predicted molar refractivity (Wildman–Crippen MR) is 38.0 cm³/mol. The number of esters is 1. The van der Waals surface area contributed by atoms with Crippen molar-refractivity contribution >= 4 is 5.97 Å². The van der Waals surface area contributed by atoms with Crippen molar-refractivity contribution in [3.8, 4) is 0 Å². The highest BCUT2D eigenvalue weighted by atomic mass is 16.6. The fourth-order valence-corrected chi connectivity index (χ4v) is 2.72. The Morgan fingerprint density at radius 1 is 1.36 bits per heavy atom. The Kier molecular flexibility index (Phi) is 0.969. The van der Waals surface area contributed by atoms with Gasteiger partial charge in [-0.3, -0.25) is 9.69 Å². The molecule has 3 rings (SSSR count). The molecular formula is C8H11NO2. The summed E-state index contributed by atoms with van der Waals surface area (Å²) >= 11 is 0. The van der Waals surface area contributed by atoms with Crippen molar-refractivity contribution in [3.05, 3.63) is 0 Å². The lowest BCUT2D eigenvalue weighted by Gasteiger charge is -2.13. The topological polar surface area (TPSA) is 29.5 Å². The summed E-state index contributed by atoms with van der Waals surface area (Å²) in [6.07, 6.45) is 2.34. The number of ether oxygens (including phenoxy) is 1. The molecule has 0 saturated carbocycles. The van der Waals surface area contributed by atoms with Gasteiger partial charge in [0.1, 0.15) is 6.10 Å². The molecule has 60 valence electrons. The highest BCUT2D eigenvalue weighted by Gasteiger charge is 2.54. The molecule has 0 aromatic heterocycles. The molecule has 0 aromatic rings. The van der Waals surface area contributed by atoms with Crippen LogP contribution in [0.25, 0.3) is 0 Å². The van der Waals surface area contributed by atoms with E-state index in [0.29, 0.717) is 6.04 Å². The average Bonchev–Trinajstić information content (AvgIpc) is 2.53. The third-order valence-electron chi connectivity index (χ3n) is 3.21. The van der Waals surface area contributed by atoms with Gasteiger partial charge in [0.25, 0.3) is 0 Å². The van der Waals surface area contributed by atoms with Crippen molar-refractivity contribution in [2.45, 2.75) is 25.0 Å². The van der Waals surface area contributed by atoms with Gasteiger partial charge in [-0.05, 0) is 19.4 Å². The summed E-state index contributed by atoms with van der Waals surface area (Å²) < 4.78 is 5.24. The van der Waals surface area contributed by atoms with Crippen molar-refractivity contribution in [2.24, 2.45) is 5.92 Å². The third kappa shape index (κ3) is 0.601. The molecule has 0 spiro atoms. The third-order valence-corrected chi connectivity index (χ3v) is 3.21. The van der Waals surface area contributed by atoms with Crippen LogP contribution in [0.3, 0.4) is 0 Å². The molecule has 3 nitrogen and oxygen atoms in total. The van der Waals surface area contributed by atoms with Crippen LogP contribution in [0.4, 0.5) is 0 Å². The van der Waals surface area contributed by atoms with E-state index in [2.05, 4.69) is 4.90 Å². The van der Waals surface area contributed by atoms with Gasteiger partial charge in [0.15, 0.2) is 0 Å². The fraction of sp³-hybridized carbons (Fsp3) is 0.875. The van der Waals surface area contributed by atoms with E-state index in [-0.39, 0.29) is 18.0 Å². The van der Waals surface area contributed by atoms with Crippen LogP contribution >= 0.6 is 0 Å². The van der Waals surface area contributed by atoms with E-state index in [9.17, 15) is 4.79 Å². The lowest BCUT2D eigenvalue weighted by molar-refractivity contribution is -0.144. The van der Waals surface area contributed by atoms with Crippen molar-refractivity contribution in [1.29, 1.82) is 0 Å². The van der Waals surface area contributed by atoms with E-state index in [0.717, 1.165) is 25.9 Å². The van der Waals surface area contributed by atoms with Crippen LogP contribution in [0, 0.1) is 5.92 Å². The molecule has 3 aliphatic heterocycles. The molecule has 0 amide bonds. The summed E-state index contributed by atoms with van der Waals surface area (Å²) in [5.74, 6) is 0.282. The molecule has 3 atom stereocenters. The summed E-state index contributed by atoms with van der Waals surface area (Å²) in [6.45, 7) is 2.25. The number of carbonyl (C=O) groups is 1. The molecule has 3 heteroatoms. The molecule has 3 saturated heterocycles. The van der Waals surface area contributed by atoms with Crippen molar-refractivity contribution in [1.82, 2.24) is 4.90 Å². The highest BCUT2D eigenvalue weighted by molar-refractivity contribution is 5.76. The van der Waals surface area contributed by atoms with E-state index < -0.39 is 0 Å². The molecule has 0 unspecified atom stereocenters. The number of hydrogen-bond donors (Lipinski definition) is 0. The number of hydrogen-bond acceptors (Lipinski definition) is 3. The summed E-state index contributed by atoms with van der Waals surface area (Å²) in [5.41, 5.74) is 0. The van der Waals surface area contributed by atoms with Crippen LogP contribution in [-0.2, 0) is 9.53 Å². The van der Waals surface area contributed by atoms with Gasteiger partial charge in [0.05, 0.1) is 12.0 Å². The van der Waals surface area contributed by atoms with Crippen LogP contribution in [0.15, 0.2) is 0 Å². The minimum Gasteiger partial charge on any atom is -0.460 e. The molecule has 3 aliphatic rings. The number of carbonyl (C=O) groups excluding carboxylic acids is 1. The SMILES string of the molecule is O=C1O[C@H]2CCN3CC[C@@H]1[C@@H]23. The Balaban J connectivity index is 1.99. The van der Waals surface area contributed by atoms with E-state index in [4.69, 9.17) is 4.74 Å². The van der Waals surface area contributed by atoms with Gasteiger partial charge in [-0.15, -0.1) is 0 Å². The van der Waals surface area contributed by atoms with Crippen molar-refractivity contribution < 1.29 is 9.53 Å². The fourth-order valence-electron chi connectivity index (χ4n) is 2.72. The lowest BCUT2D eigenvalue weighted by Crippen LogP contribution is -2.29. The molecule has 0 aromatic carbocycles. The van der Waals surface area contributed by atoms with Gasteiger partial charge in [-0.2, -0.15) is 0 Å². The Morgan fingerprint density at radius 3 is 3.09 bits per heavy atom. The van der Waals surface area contributed by atoms with Gasteiger partial charge in [0, 0.05) is 6.54 Å². The van der Waals surface area contributed by atoms with Crippen LogP contribution in [-0.4, -0.2) is 36.1 Å². The molecular weight excluding hydrogens is 142 g/mol. The average molecular weight is 153 g/mol. The zero-order chi connectivity index (χ0) is 7.42. The van der Waals surface area contributed by atoms with E-state index in [1.165, 1.54) is 0 Å². The maximum Gasteiger partial charge on any atom is 0.311 e. The first-order valence-electron chi connectivity index (χ1n) is 4.31.